The second-order valence-corrected chi connectivity index (χ2v) is 7.21. The molecule has 0 saturated heterocycles. The SMILES string of the molecule is COC(=O)C1=C(c2ccc(F)cc2)NC(=S)NC1c1ccc(Oc2ccccc2)cc1. The first-order valence-electron chi connectivity index (χ1n) is 9.54. The zero-order chi connectivity index (χ0) is 21.8. The van der Waals surface area contributed by atoms with E-state index in [0.29, 0.717) is 27.7 Å². The predicted octanol–water partition coefficient (Wildman–Crippen LogP) is 4.72. The minimum Gasteiger partial charge on any atom is -0.466 e. The number of thiocarbonyl (C=S) groups is 1. The Morgan fingerprint density at radius 1 is 0.935 bits per heavy atom. The van der Waals surface area contributed by atoms with Gasteiger partial charge in [-0.3, -0.25) is 0 Å². The van der Waals surface area contributed by atoms with Crippen molar-refractivity contribution in [2.75, 3.05) is 7.11 Å². The maximum absolute atomic E-state index is 13.4. The number of carbonyl (C=O) groups excluding carboxylic acids is 1. The van der Waals surface area contributed by atoms with E-state index < -0.39 is 12.0 Å². The van der Waals surface area contributed by atoms with E-state index in [0.717, 1.165) is 11.3 Å². The molecule has 0 bridgehead atoms. The maximum Gasteiger partial charge on any atom is 0.338 e. The summed E-state index contributed by atoms with van der Waals surface area (Å²) in [4.78, 5) is 12.7. The van der Waals surface area contributed by atoms with Gasteiger partial charge in [0.15, 0.2) is 5.11 Å². The summed E-state index contributed by atoms with van der Waals surface area (Å²) in [7, 11) is 1.32. The minimum atomic E-state index is -0.549. The molecule has 156 valence electrons. The van der Waals surface area contributed by atoms with E-state index >= 15 is 0 Å². The van der Waals surface area contributed by atoms with E-state index in [9.17, 15) is 9.18 Å². The lowest BCUT2D eigenvalue weighted by molar-refractivity contribution is -0.136. The highest BCUT2D eigenvalue weighted by molar-refractivity contribution is 7.80. The number of carbonyl (C=O) groups is 1. The van der Waals surface area contributed by atoms with E-state index in [-0.39, 0.29) is 5.82 Å². The molecule has 3 aromatic carbocycles. The number of nitrogens with one attached hydrogen (secondary N) is 2. The molecule has 0 amide bonds. The number of hydrogen-bond acceptors (Lipinski definition) is 4. The summed E-state index contributed by atoms with van der Waals surface area (Å²) in [6.45, 7) is 0. The van der Waals surface area contributed by atoms with Gasteiger partial charge in [0, 0.05) is 0 Å². The van der Waals surface area contributed by atoms with Crippen LogP contribution in [0.25, 0.3) is 5.70 Å². The average Bonchev–Trinajstić information content (AvgIpc) is 2.80. The van der Waals surface area contributed by atoms with Crippen LogP contribution in [-0.2, 0) is 9.53 Å². The van der Waals surface area contributed by atoms with Crippen LogP contribution in [0.5, 0.6) is 11.5 Å². The van der Waals surface area contributed by atoms with Crippen LogP contribution in [0.1, 0.15) is 17.2 Å². The van der Waals surface area contributed by atoms with Crippen LogP contribution < -0.4 is 15.4 Å². The molecule has 0 saturated carbocycles. The highest BCUT2D eigenvalue weighted by Crippen LogP contribution is 2.33. The lowest BCUT2D eigenvalue weighted by Gasteiger charge is -2.31. The van der Waals surface area contributed by atoms with Crippen molar-refractivity contribution in [3.63, 3.8) is 0 Å². The lowest BCUT2D eigenvalue weighted by atomic mass is 9.92. The molecule has 31 heavy (non-hydrogen) atoms. The topological polar surface area (TPSA) is 59.6 Å². The molecule has 2 N–H and O–H groups in total. The molecule has 4 rings (SSSR count). The summed E-state index contributed by atoms with van der Waals surface area (Å²) < 4.78 is 24.3. The molecule has 5 nitrogen and oxygen atoms in total. The van der Waals surface area contributed by atoms with Gasteiger partial charge in [0.05, 0.1) is 24.4 Å². The largest absolute Gasteiger partial charge is 0.466 e. The molecule has 0 fully saturated rings. The number of hydrogen-bond donors (Lipinski definition) is 2. The highest BCUT2D eigenvalue weighted by Gasteiger charge is 2.32. The Hall–Kier alpha value is -3.71. The van der Waals surface area contributed by atoms with Crippen LogP contribution in [0.3, 0.4) is 0 Å². The Kier molecular flexibility index (Phi) is 5.95. The third-order valence-electron chi connectivity index (χ3n) is 4.80. The number of esters is 1. The van der Waals surface area contributed by atoms with Crippen molar-refractivity contribution in [2.24, 2.45) is 0 Å². The minimum absolute atomic E-state index is 0.347. The molecule has 0 aromatic heterocycles. The molecular weight excluding hydrogens is 415 g/mol. The number of benzene rings is 3. The fraction of sp³-hybridized carbons (Fsp3) is 0.0833. The van der Waals surface area contributed by atoms with Gasteiger partial charge in [-0.15, -0.1) is 0 Å². The van der Waals surface area contributed by atoms with Gasteiger partial charge in [0.25, 0.3) is 0 Å². The second kappa shape index (κ2) is 8.97. The third kappa shape index (κ3) is 4.57. The summed E-state index contributed by atoms with van der Waals surface area (Å²) >= 11 is 5.37. The summed E-state index contributed by atoms with van der Waals surface area (Å²) in [6, 6.07) is 22.1. The normalized spacial score (nSPS) is 15.7. The molecule has 7 heteroatoms. The van der Waals surface area contributed by atoms with Crippen molar-refractivity contribution >= 4 is 29.0 Å². The number of halogens is 1. The number of ether oxygens (including phenoxy) is 2. The third-order valence-corrected chi connectivity index (χ3v) is 5.02. The van der Waals surface area contributed by atoms with Crippen molar-refractivity contribution < 1.29 is 18.7 Å². The quantitative estimate of drug-likeness (QED) is 0.448. The van der Waals surface area contributed by atoms with Gasteiger partial charge in [-0.25, -0.2) is 9.18 Å². The number of para-hydroxylation sites is 1. The summed E-state index contributed by atoms with van der Waals surface area (Å²) in [6.07, 6.45) is 0. The smallest absolute Gasteiger partial charge is 0.338 e. The monoisotopic (exact) mass is 434 g/mol. The van der Waals surface area contributed by atoms with Gasteiger partial charge in [0.1, 0.15) is 17.3 Å². The molecule has 3 aromatic rings. The van der Waals surface area contributed by atoms with Crippen LogP contribution in [0.4, 0.5) is 4.39 Å². The molecule has 1 unspecified atom stereocenters. The molecule has 1 aliphatic heterocycles. The summed E-state index contributed by atoms with van der Waals surface area (Å²) in [5.41, 5.74) is 2.24. The lowest BCUT2D eigenvalue weighted by Crippen LogP contribution is -2.45. The van der Waals surface area contributed by atoms with Crippen LogP contribution in [0, 0.1) is 5.82 Å². The van der Waals surface area contributed by atoms with E-state index in [1.807, 2.05) is 54.6 Å². The van der Waals surface area contributed by atoms with Crippen molar-refractivity contribution in [1.29, 1.82) is 0 Å². The first-order chi connectivity index (χ1) is 15.0. The van der Waals surface area contributed by atoms with Crippen molar-refractivity contribution in [3.05, 3.63) is 101 Å². The van der Waals surface area contributed by atoms with E-state index in [2.05, 4.69) is 10.6 Å². The fourth-order valence-corrected chi connectivity index (χ4v) is 3.56. The highest BCUT2D eigenvalue weighted by atomic mass is 32.1. The Bertz CT molecular complexity index is 1130. The molecule has 0 radical (unpaired) electrons. The van der Waals surface area contributed by atoms with Crippen molar-refractivity contribution in [1.82, 2.24) is 10.6 Å². The molecule has 1 atom stereocenters. The molecular formula is C24H19FN2O3S. The Labute approximate surface area is 184 Å². The second-order valence-electron chi connectivity index (χ2n) is 6.80. The first-order valence-corrected chi connectivity index (χ1v) is 9.95. The van der Waals surface area contributed by atoms with Gasteiger partial charge in [-0.1, -0.05) is 30.3 Å². The zero-order valence-electron chi connectivity index (χ0n) is 16.6. The maximum atomic E-state index is 13.4. The van der Waals surface area contributed by atoms with Crippen LogP contribution in [-0.4, -0.2) is 18.2 Å². The molecule has 1 heterocycles. The van der Waals surface area contributed by atoms with Crippen LogP contribution in [0.2, 0.25) is 0 Å². The summed E-state index contributed by atoms with van der Waals surface area (Å²) in [5, 5.41) is 6.49. The van der Waals surface area contributed by atoms with Gasteiger partial charge in [-0.05, 0) is 71.9 Å². The standard InChI is InChI=1S/C24H19FN2O3S/c1-29-23(28)20-21(15-7-11-17(25)12-8-15)26-24(31)27-22(20)16-9-13-19(14-10-16)30-18-5-3-2-4-6-18/h2-14,22H,1H3,(H2,26,27,31). The molecule has 0 spiro atoms. The van der Waals surface area contributed by atoms with E-state index in [1.165, 1.54) is 19.2 Å². The van der Waals surface area contributed by atoms with Crippen LogP contribution in [0.15, 0.2) is 84.4 Å². The van der Waals surface area contributed by atoms with Gasteiger partial charge in [-0.2, -0.15) is 0 Å². The number of rotatable bonds is 5. The van der Waals surface area contributed by atoms with Crippen LogP contribution >= 0.6 is 12.2 Å². The van der Waals surface area contributed by atoms with E-state index in [4.69, 9.17) is 21.7 Å². The van der Waals surface area contributed by atoms with E-state index in [1.54, 1.807) is 12.1 Å². The van der Waals surface area contributed by atoms with Gasteiger partial charge in [0.2, 0.25) is 0 Å². The Morgan fingerprint density at radius 2 is 1.58 bits per heavy atom. The average molecular weight is 434 g/mol. The van der Waals surface area contributed by atoms with Crippen molar-refractivity contribution in [2.45, 2.75) is 6.04 Å². The first kappa shape index (κ1) is 20.6. The van der Waals surface area contributed by atoms with Gasteiger partial charge < -0.3 is 20.1 Å². The van der Waals surface area contributed by atoms with Crippen molar-refractivity contribution in [3.8, 4) is 11.5 Å². The molecule has 1 aliphatic rings. The molecule has 0 aliphatic carbocycles. The predicted molar refractivity (Wildman–Crippen MR) is 120 cm³/mol. The number of methoxy groups -OCH3 is 1. The van der Waals surface area contributed by atoms with Gasteiger partial charge >= 0.3 is 5.97 Å². The Balaban J connectivity index is 1.71. The Morgan fingerprint density at radius 3 is 2.23 bits per heavy atom. The fourth-order valence-electron chi connectivity index (χ4n) is 3.34. The zero-order valence-corrected chi connectivity index (χ0v) is 17.4. The summed E-state index contributed by atoms with van der Waals surface area (Å²) in [5.74, 6) is 0.501.